The molecule has 126 valence electrons. The summed E-state index contributed by atoms with van der Waals surface area (Å²) < 4.78 is 13.9. The Labute approximate surface area is 140 Å². The van der Waals surface area contributed by atoms with Gasteiger partial charge in [0.2, 0.25) is 5.82 Å². The second-order valence-corrected chi connectivity index (χ2v) is 5.60. The van der Waals surface area contributed by atoms with Gasteiger partial charge >= 0.3 is 0 Å². The van der Waals surface area contributed by atoms with Gasteiger partial charge in [-0.15, -0.1) is 0 Å². The van der Waals surface area contributed by atoms with Crippen molar-refractivity contribution in [3.05, 3.63) is 34.8 Å². The van der Waals surface area contributed by atoms with E-state index in [9.17, 15) is 14.0 Å². The number of amides is 2. The molecule has 3 heterocycles. The number of carbonyl (C=O) groups is 2. The molecule has 1 atom stereocenters. The second-order valence-electron chi connectivity index (χ2n) is 5.24. The molecule has 4 N–H and O–H groups in total. The molecule has 24 heavy (non-hydrogen) atoms. The van der Waals surface area contributed by atoms with Crippen LogP contribution in [0.25, 0.3) is 0 Å². The summed E-state index contributed by atoms with van der Waals surface area (Å²) in [7, 11) is 0. The Balaban J connectivity index is 1.64. The number of H-pyrrole nitrogens is 1. The molecule has 0 saturated carbocycles. The molecule has 0 bridgehead atoms. The number of aromatic nitrogens is 4. The summed E-state index contributed by atoms with van der Waals surface area (Å²) in [6.45, 7) is 0.873. The van der Waals surface area contributed by atoms with Gasteiger partial charge in [0.1, 0.15) is 12.0 Å². The number of rotatable bonds is 4. The van der Waals surface area contributed by atoms with Gasteiger partial charge in [0, 0.05) is 25.2 Å². The van der Waals surface area contributed by atoms with E-state index in [1.807, 2.05) is 0 Å². The van der Waals surface area contributed by atoms with Crippen LogP contribution in [0.4, 0.5) is 10.2 Å². The molecule has 1 fully saturated rings. The van der Waals surface area contributed by atoms with Gasteiger partial charge in [-0.3, -0.25) is 14.7 Å². The van der Waals surface area contributed by atoms with E-state index < -0.39 is 17.6 Å². The zero-order chi connectivity index (χ0) is 17.3. The number of hydrogen-bond donors (Lipinski definition) is 3. The van der Waals surface area contributed by atoms with Gasteiger partial charge in [-0.05, 0) is 6.42 Å². The van der Waals surface area contributed by atoms with Crippen molar-refractivity contribution in [2.24, 2.45) is 5.73 Å². The highest BCUT2D eigenvalue weighted by Gasteiger charge is 2.28. The van der Waals surface area contributed by atoms with Crippen LogP contribution in [0, 0.1) is 5.82 Å². The summed E-state index contributed by atoms with van der Waals surface area (Å²) in [5.41, 5.74) is 5.18. The first-order chi connectivity index (χ1) is 11.5. The van der Waals surface area contributed by atoms with Crippen LogP contribution in [-0.4, -0.2) is 51.1 Å². The lowest BCUT2D eigenvalue weighted by Crippen LogP contribution is -2.37. The predicted octanol–water partition coefficient (Wildman–Crippen LogP) is 0.0998. The van der Waals surface area contributed by atoms with E-state index in [0.29, 0.717) is 19.5 Å². The lowest BCUT2D eigenvalue weighted by atomic mass is 10.2. The average molecular weight is 354 g/mol. The Morgan fingerprint density at radius 3 is 2.96 bits per heavy atom. The van der Waals surface area contributed by atoms with Gasteiger partial charge in [0.15, 0.2) is 16.7 Å². The monoisotopic (exact) mass is 353 g/mol. The third-order valence-corrected chi connectivity index (χ3v) is 3.89. The minimum atomic E-state index is -0.728. The van der Waals surface area contributed by atoms with Gasteiger partial charge in [-0.1, -0.05) is 11.6 Å². The molecule has 0 spiro atoms. The van der Waals surface area contributed by atoms with Crippen molar-refractivity contribution in [1.82, 2.24) is 25.5 Å². The molecule has 0 unspecified atom stereocenters. The predicted molar refractivity (Wildman–Crippen MR) is 82.2 cm³/mol. The van der Waals surface area contributed by atoms with Crippen molar-refractivity contribution in [3.63, 3.8) is 0 Å². The van der Waals surface area contributed by atoms with Crippen molar-refractivity contribution in [3.8, 4) is 0 Å². The van der Waals surface area contributed by atoms with E-state index in [1.54, 1.807) is 4.90 Å². The molecule has 0 aromatic carbocycles. The SMILES string of the molecule is NC(=O)c1cc(C(=O)N[C@H]2CCN(c3ncnc(Cl)c3F)C2)[nH]n1. The molecule has 1 aliphatic rings. The van der Waals surface area contributed by atoms with Crippen molar-refractivity contribution in [2.45, 2.75) is 12.5 Å². The molecular weight excluding hydrogens is 341 g/mol. The summed E-state index contributed by atoms with van der Waals surface area (Å²) in [5, 5.41) is 8.62. The Morgan fingerprint density at radius 1 is 1.46 bits per heavy atom. The molecule has 0 radical (unpaired) electrons. The number of primary amides is 1. The number of carbonyl (C=O) groups excluding carboxylic acids is 2. The first-order valence-electron chi connectivity index (χ1n) is 7.02. The van der Waals surface area contributed by atoms with Crippen LogP contribution in [0.3, 0.4) is 0 Å². The van der Waals surface area contributed by atoms with Crippen LogP contribution in [-0.2, 0) is 0 Å². The van der Waals surface area contributed by atoms with E-state index >= 15 is 0 Å². The molecule has 9 nitrogen and oxygen atoms in total. The Hall–Kier alpha value is -2.75. The van der Waals surface area contributed by atoms with Gasteiger partial charge in [0.05, 0.1) is 0 Å². The summed E-state index contributed by atoms with van der Waals surface area (Å²) in [6.07, 6.45) is 1.78. The second kappa shape index (κ2) is 6.40. The van der Waals surface area contributed by atoms with E-state index in [4.69, 9.17) is 17.3 Å². The number of hydrogen-bond acceptors (Lipinski definition) is 6. The first-order valence-corrected chi connectivity index (χ1v) is 7.40. The van der Waals surface area contributed by atoms with Crippen molar-refractivity contribution in [1.29, 1.82) is 0 Å². The number of anilines is 1. The first kappa shape index (κ1) is 16.1. The highest BCUT2D eigenvalue weighted by Crippen LogP contribution is 2.24. The highest BCUT2D eigenvalue weighted by atomic mass is 35.5. The lowest BCUT2D eigenvalue weighted by molar-refractivity contribution is 0.0934. The van der Waals surface area contributed by atoms with Gasteiger partial charge in [0.25, 0.3) is 11.8 Å². The van der Waals surface area contributed by atoms with Gasteiger partial charge < -0.3 is 16.0 Å². The molecule has 2 amide bonds. The number of nitrogens with two attached hydrogens (primary N) is 1. The van der Waals surface area contributed by atoms with Crippen LogP contribution >= 0.6 is 11.6 Å². The smallest absolute Gasteiger partial charge is 0.269 e. The lowest BCUT2D eigenvalue weighted by Gasteiger charge is -2.18. The summed E-state index contributed by atoms with van der Waals surface area (Å²) in [4.78, 5) is 32.2. The number of aromatic amines is 1. The number of nitrogens with zero attached hydrogens (tertiary/aromatic N) is 4. The largest absolute Gasteiger partial charge is 0.364 e. The van der Waals surface area contributed by atoms with E-state index in [2.05, 4.69) is 25.5 Å². The molecule has 2 aromatic heterocycles. The van der Waals surface area contributed by atoms with Crippen LogP contribution < -0.4 is 16.0 Å². The normalized spacial score (nSPS) is 17.1. The zero-order valence-corrected chi connectivity index (χ0v) is 13.0. The van der Waals surface area contributed by atoms with Gasteiger partial charge in [-0.2, -0.15) is 9.49 Å². The summed E-state index contributed by atoms with van der Waals surface area (Å²) in [6, 6.07) is 1.06. The van der Waals surface area contributed by atoms with Crippen LogP contribution in [0.1, 0.15) is 27.4 Å². The minimum Gasteiger partial charge on any atom is -0.364 e. The minimum absolute atomic E-state index is 0.0223. The van der Waals surface area contributed by atoms with Crippen molar-refractivity contribution < 1.29 is 14.0 Å². The fraction of sp³-hybridized carbons (Fsp3) is 0.308. The molecule has 2 aromatic rings. The maximum absolute atomic E-state index is 13.9. The zero-order valence-electron chi connectivity index (χ0n) is 12.3. The van der Waals surface area contributed by atoms with E-state index in [0.717, 1.165) is 0 Å². The van der Waals surface area contributed by atoms with Crippen molar-refractivity contribution in [2.75, 3.05) is 18.0 Å². The van der Waals surface area contributed by atoms with Crippen LogP contribution in [0.15, 0.2) is 12.4 Å². The summed E-state index contributed by atoms with van der Waals surface area (Å²) >= 11 is 5.65. The highest BCUT2D eigenvalue weighted by molar-refractivity contribution is 6.29. The Morgan fingerprint density at radius 2 is 2.25 bits per heavy atom. The molecule has 1 aliphatic heterocycles. The molecule has 0 aliphatic carbocycles. The molecule has 1 saturated heterocycles. The molecular formula is C13H13ClFN7O2. The quantitative estimate of drug-likeness (QED) is 0.668. The van der Waals surface area contributed by atoms with Crippen LogP contribution in [0.5, 0.6) is 0 Å². The number of nitrogens with one attached hydrogen (secondary N) is 2. The van der Waals surface area contributed by atoms with Crippen LogP contribution in [0.2, 0.25) is 5.15 Å². The van der Waals surface area contributed by atoms with E-state index in [-0.39, 0.29) is 28.4 Å². The van der Waals surface area contributed by atoms with E-state index in [1.165, 1.54) is 12.4 Å². The Bertz CT molecular complexity index is 796. The maximum atomic E-state index is 13.9. The molecule has 11 heteroatoms. The van der Waals surface area contributed by atoms with Gasteiger partial charge in [-0.25, -0.2) is 9.97 Å². The van der Waals surface area contributed by atoms with Crippen molar-refractivity contribution >= 4 is 29.2 Å². The fourth-order valence-electron chi connectivity index (χ4n) is 2.46. The third-order valence-electron chi connectivity index (χ3n) is 3.63. The maximum Gasteiger partial charge on any atom is 0.269 e. The third kappa shape index (κ3) is 3.13. The topological polar surface area (TPSA) is 130 Å². The number of halogens is 2. The average Bonchev–Trinajstić information content (AvgIpc) is 3.19. The summed E-state index contributed by atoms with van der Waals surface area (Å²) in [5.74, 6) is -1.74. The standard InChI is InChI=1S/C13H13ClFN7O2/c14-10-9(15)12(18-5-17-10)22-2-1-6(4-22)19-13(24)8-3-7(11(16)23)20-21-8/h3,5-6H,1-2,4H2,(H2,16,23)(H,19,24)(H,20,21)/t6-/m0/s1. The molecule has 3 rings (SSSR count). The Kier molecular flexibility index (Phi) is 4.30. The fourth-order valence-corrected chi connectivity index (χ4v) is 2.59.